The molecule has 0 aliphatic carbocycles. The minimum atomic E-state index is -0.196. The van der Waals surface area contributed by atoms with Gasteiger partial charge in [-0.1, -0.05) is 5.16 Å². The van der Waals surface area contributed by atoms with E-state index in [1.807, 2.05) is 4.90 Å². The number of amides is 3. The van der Waals surface area contributed by atoms with Gasteiger partial charge in [0.25, 0.3) is 0 Å². The Bertz CT molecular complexity index is 616. The van der Waals surface area contributed by atoms with Crippen molar-refractivity contribution in [3.63, 3.8) is 0 Å². The van der Waals surface area contributed by atoms with Gasteiger partial charge in [-0.3, -0.25) is 14.4 Å². The molecule has 8 nitrogen and oxygen atoms in total. The van der Waals surface area contributed by atoms with Gasteiger partial charge in [-0.15, -0.1) is 0 Å². The Morgan fingerprint density at radius 2 is 2.04 bits per heavy atom. The normalized spacial score (nSPS) is 21.0. The van der Waals surface area contributed by atoms with Crippen LogP contribution in [0.1, 0.15) is 37.8 Å². The van der Waals surface area contributed by atoms with Crippen LogP contribution in [0.25, 0.3) is 0 Å². The number of rotatable bonds is 7. The molecule has 2 saturated heterocycles. The number of aromatic nitrogens is 1. The number of nitrogens with zero attached hydrogens (tertiary/aromatic N) is 3. The molecule has 0 saturated carbocycles. The van der Waals surface area contributed by atoms with Crippen LogP contribution in [0, 0.1) is 5.92 Å². The van der Waals surface area contributed by atoms with Gasteiger partial charge in [0.2, 0.25) is 17.7 Å². The highest BCUT2D eigenvalue weighted by Crippen LogP contribution is 2.19. The Kier molecular flexibility index (Phi) is 5.67. The molecular weight excluding hydrogens is 324 g/mol. The van der Waals surface area contributed by atoms with Crippen LogP contribution >= 0.6 is 0 Å². The zero-order valence-corrected chi connectivity index (χ0v) is 14.3. The standard InChI is InChI=1S/C17H24N4O4/c22-15-3-1-7-20(15)8-2-9-21-12-13(4-5-16(21)23)17(24)18-11-14-6-10-25-19-14/h6,10,13H,1-5,7-9,11-12H2,(H,18,24)/t13-/m0/s1. The largest absolute Gasteiger partial charge is 0.364 e. The van der Waals surface area contributed by atoms with Crippen molar-refractivity contribution >= 4 is 17.7 Å². The van der Waals surface area contributed by atoms with E-state index in [1.54, 1.807) is 11.0 Å². The molecule has 0 aromatic carbocycles. The number of piperidine rings is 1. The third-order valence-corrected chi connectivity index (χ3v) is 4.83. The molecule has 1 N–H and O–H groups in total. The second kappa shape index (κ2) is 8.13. The first-order valence-corrected chi connectivity index (χ1v) is 8.86. The lowest BCUT2D eigenvalue weighted by Gasteiger charge is -2.32. The van der Waals surface area contributed by atoms with Crippen molar-refractivity contribution in [2.45, 2.75) is 38.6 Å². The lowest BCUT2D eigenvalue weighted by atomic mass is 9.96. The molecule has 0 bridgehead atoms. The summed E-state index contributed by atoms with van der Waals surface area (Å²) in [7, 11) is 0. The molecule has 8 heteroatoms. The number of carbonyl (C=O) groups excluding carboxylic acids is 3. The average Bonchev–Trinajstić information content (AvgIpc) is 3.26. The predicted octanol–water partition coefficient (Wildman–Crippen LogP) is 0.542. The van der Waals surface area contributed by atoms with Crippen LogP contribution in [0.15, 0.2) is 16.9 Å². The van der Waals surface area contributed by atoms with E-state index in [2.05, 4.69) is 10.5 Å². The number of carbonyl (C=O) groups is 3. The fourth-order valence-electron chi connectivity index (χ4n) is 3.39. The van der Waals surface area contributed by atoms with Crippen LogP contribution in [-0.4, -0.2) is 58.9 Å². The summed E-state index contributed by atoms with van der Waals surface area (Å²) in [4.78, 5) is 39.6. The molecule has 2 fully saturated rings. The number of hydrogen-bond donors (Lipinski definition) is 1. The van der Waals surface area contributed by atoms with Crippen molar-refractivity contribution in [2.24, 2.45) is 5.92 Å². The van der Waals surface area contributed by atoms with Crippen molar-refractivity contribution in [2.75, 3.05) is 26.2 Å². The summed E-state index contributed by atoms with van der Waals surface area (Å²) in [5.41, 5.74) is 0.673. The molecule has 0 spiro atoms. The van der Waals surface area contributed by atoms with E-state index in [-0.39, 0.29) is 23.6 Å². The van der Waals surface area contributed by atoms with Gasteiger partial charge < -0.3 is 19.6 Å². The molecule has 1 atom stereocenters. The molecule has 3 rings (SSSR count). The minimum Gasteiger partial charge on any atom is -0.364 e. The van der Waals surface area contributed by atoms with Crippen molar-refractivity contribution in [3.05, 3.63) is 18.0 Å². The van der Waals surface area contributed by atoms with Gasteiger partial charge in [-0.2, -0.15) is 0 Å². The summed E-state index contributed by atoms with van der Waals surface area (Å²) >= 11 is 0. The quantitative estimate of drug-likeness (QED) is 0.776. The number of likely N-dealkylation sites (tertiary alicyclic amines) is 2. The molecule has 0 radical (unpaired) electrons. The molecule has 136 valence electrons. The Hall–Kier alpha value is -2.38. The molecule has 0 unspecified atom stereocenters. The molecule has 1 aromatic heterocycles. The van der Waals surface area contributed by atoms with Crippen molar-refractivity contribution in [3.8, 4) is 0 Å². The van der Waals surface area contributed by atoms with E-state index in [9.17, 15) is 14.4 Å². The van der Waals surface area contributed by atoms with E-state index in [0.29, 0.717) is 51.1 Å². The molecule has 25 heavy (non-hydrogen) atoms. The van der Waals surface area contributed by atoms with Gasteiger partial charge in [-0.25, -0.2) is 0 Å². The monoisotopic (exact) mass is 348 g/mol. The first kappa shape index (κ1) is 17.4. The third-order valence-electron chi connectivity index (χ3n) is 4.83. The Morgan fingerprint density at radius 1 is 1.24 bits per heavy atom. The van der Waals surface area contributed by atoms with Crippen molar-refractivity contribution in [1.82, 2.24) is 20.3 Å². The van der Waals surface area contributed by atoms with Gasteiger partial charge in [0.05, 0.1) is 12.5 Å². The highest BCUT2D eigenvalue weighted by atomic mass is 16.5. The van der Waals surface area contributed by atoms with Crippen LogP contribution in [-0.2, 0) is 20.9 Å². The van der Waals surface area contributed by atoms with Gasteiger partial charge in [0, 0.05) is 45.1 Å². The zero-order chi connectivity index (χ0) is 17.6. The van der Waals surface area contributed by atoms with Crippen LogP contribution < -0.4 is 5.32 Å². The van der Waals surface area contributed by atoms with E-state index >= 15 is 0 Å². The Labute approximate surface area is 146 Å². The third kappa shape index (κ3) is 4.58. The maximum atomic E-state index is 12.3. The lowest BCUT2D eigenvalue weighted by Crippen LogP contribution is -2.46. The van der Waals surface area contributed by atoms with Crippen LogP contribution in [0.5, 0.6) is 0 Å². The smallest absolute Gasteiger partial charge is 0.225 e. The predicted molar refractivity (Wildman–Crippen MR) is 88.1 cm³/mol. The van der Waals surface area contributed by atoms with Gasteiger partial charge in [-0.05, 0) is 19.3 Å². The fraction of sp³-hybridized carbons (Fsp3) is 0.647. The van der Waals surface area contributed by atoms with Gasteiger partial charge >= 0.3 is 0 Å². The first-order valence-electron chi connectivity index (χ1n) is 8.86. The second-order valence-corrected chi connectivity index (χ2v) is 6.62. The molecular formula is C17H24N4O4. The maximum absolute atomic E-state index is 12.3. The van der Waals surface area contributed by atoms with E-state index < -0.39 is 0 Å². The number of hydrogen-bond acceptors (Lipinski definition) is 5. The zero-order valence-electron chi connectivity index (χ0n) is 14.3. The van der Waals surface area contributed by atoms with Crippen LogP contribution in [0.2, 0.25) is 0 Å². The summed E-state index contributed by atoms with van der Waals surface area (Å²) < 4.78 is 4.74. The molecule has 2 aliphatic heterocycles. The molecule has 3 amide bonds. The molecule has 3 heterocycles. The van der Waals surface area contributed by atoms with Crippen molar-refractivity contribution in [1.29, 1.82) is 0 Å². The number of nitrogens with one attached hydrogen (secondary N) is 1. The Balaban J connectivity index is 1.43. The van der Waals surface area contributed by atoms with Gasteiger partial charge in [0.15, 0.2) is 0 Å². The SMILES string of the molecule is O=C(NCc1ccon1)[C@H]1CCC(=O)N(CCCN2CCCC2=O)C1. The maximum Gasteiger partial charge on any atom is 0.225 e. The highest BCUT2D eigenvalue weighted by molar-refractivity contribution is 5.83. The topological polar surface area (TPSA) is 95.8 Å². The lowest BCUT2D eigenvalue weighted by molar-refractivity contribution is -0.138. The van der Waals surface area contributed by atoms with Crippen LogP contribution in [0.4, 0.5) is 0 Å². The Morgan fingerprint density at radius 3 is 2.76 bits per heavy atom. The summed E-state index contributed by atoms with van der Waals surface area (Å²) in [5.74, 6) is 0.0385. The molecule has 2 aliphatic rings. The van der Waals surface area contributed by atoms with E-state index in [4.69, 9.17) is 4.52 Å². The van der Waals surface area contributed by atoms with E-state index in [1.165, 1.54) is 6.26 Å². The van der Waals surface area contributed by atoms with Crippen molar-refractivity contribution < 1.29 is 18.9 Å². The minimum absolute atomic E-state index is 0.0600. The summed E-state index contributed by atoms with van der Waals surface area (Å²) in [6.45, 7) is 2.87. The first-order chi connectivity index (χ1) is 12.1. The highest BCUT2D eigenvalue weighted by Gasteiger charge is 2.30. The van der Waals surface area contributed by atoms with Crippen LogP contribution in [0.3, 0.4) is 0 Å². The molecule has 1 aromatic rings. The summed E-state index contributed by atoms with van der Waals surface area (Å²) in [6, 6.07) is 1.70. The summed E-state index contributed by atoms with van der Waals surface area (Å²) in [5, 5.41) is 6.60. The second-order valence-electron chi connectivity index (χ2n) is 6.62. The fourth-order valence-corrected chi connectivity index (χ4v) is 3.39. The average molecular weight is 348 g/mol. The van der Waals surface area contributed by atoms with Gasteiger partial charge in [0.1, 0.15) is 12.0 Å². The summed E-state index contributed by atoms with van der Waals surface area (Å²) in [6.07, 6.45) is 4.75. The van der Waals surface area contributed by atoms with E-state index in [0.717, 1.165) is 19.4 Å².